The van der Waals surface area contributed by atoms with Crippen molar-refractivity contribution >= 4 is 10.9 Å². The third kappa shape index (κ3) is 2.18. The van der Waals surface area contributed by atoms with Gasteiger partial charge in [0.25, 0.3) is 0 Å². The van der Waals surface area contributed by atoms with E-state index in [1.807, 2.05) is 43.3 Å². The third-order valence-corrected chi connectivity index (χ3v) is 3.47. The number of hydrogen-bond acceptors (Lipinski definition) is 2. The second kappa shape index (κ2) is 4.85. The topological polar surface area (TPSA) is 42.1 Å². The number of rotatable bonds is 2. The van der Waals surface area contributed by atoms with Gasteiger partial charge in [-0.15, -0.1) is 0 Å². The highest BCUT2D eigenvalue weighted by molar-refractivity contribution is 5.86. The number of aryl methyl sites for hydroxylation is 1. The van der Waals surface area contributed by atoms with E-state index >= 15 is 0 Å². The summed E-state index contributed by atoms with van der Waals surface area (Å²) in [6.45, 7) is 2.05. The van der Waals surface area contributed by atoms with Crippen molar-refractivity contribution in [2.75, 3.05) is 7.11 Å². The average molecular weight is 265 g/mol. The van der Waals surface area contributed by atoms with Crippen molar-refractivity contribution in [1.82, 2.24) is 4.98 Å². The molecule has 0 aliphatic carbocycles. The number of pyridine rings is 1. The van der Waals surface area contributed by atoms with Crippen LogP contribution >= 0.6 is 0 Å². The molecule has 0 radical (unpaired) electrons. The van der Waals surface area contributed by atoms with Crippen molar-refractivity contribution in [3.05, 3.63) is 64.4 Å². The Bertz CT molecular complexity index is 817. The molecule has 3 rings (SSSR count). The molecule has 0 aliphatic rings. The van der Waals surface area contributed by atoms with E-state index in [0.717, 1.165) is 33.3 Å². The van der Waals surface area contributed by atoms with Crippen LogP contribution < -0.4 is 10.3 Å². The van der Waals surface area contributed by atoms with Crippen LogP contribution in [0.2, 0.25) is 0 Å². The van der Waals surface area contributed by atoms with Crippen molar-refractivity contribution in [3.63, 3.8) is 0 Å². The SMILES string of the molecule is COc1ccc(-c2cc3ccc(=O)[nH]c3cc2C)cc1. The van der Waals surface area contributed by atoms with Gasteiger partial charge < -0.3 is 9.72 Å². The van der Waals surface area contributed by atoms with Crippen LogP contribution in [-0.2, 0) is 0 Å². The smallest absolute Gasteiger partial charge is 0.248 e. The van der Waals surface area contributed by atoms with Crippen molar-refractivity contribution in [3.8, 4) is 16.9 Å². The number of hydrogen-bond donors (Lipinski definition) is 1. The Morgan fingerprint density at radius 3 is 2.45 bits per heavy atom. The molecule has 0 bridgehead atoms. The van der Waals surface area contributed by atoms with E-state index in [4.69, 9.17) is 4.74 Å². The number of aromatic amines is 1. The minimum absolute atomic E-state index is 0.0749. The van der Waals surface area contributed by atoms with Crippen LogP contribution in [0, 0.1) is 6.92 Å². The number of methoxy groups -OCH3 is 1. The van der Waals surface area contributed by atoms with E-state index < -0.39 is 0 Å². The maximum Gasteiger partial charge on any atom is 0.248 e. The summed E-state index contributed by atoms with van der Waals surface area (Å²) in [4.78, 5) is 14.2. The first kappa shape index (κ1) is 12.5. The van der Waals surface area contributed by atoms with Crippen molar-refractivity contribution in [2.45, 2.75) is 6.92 Å². The molecule has 20 heavy (non-hydrogen) atoms. The van der Waals surface area contributed by atoms with Gasteiger partial charge in [0, 0.05) is 11.6 Å². The highest BCUT2D eigenvalue weighted by Crippen LogP contribution is 2.28. The van der Waals surface area contributed by atoms with Crippen molar-refractivity contribution in [2.24, 2.45) is 0 Å². The van der Waals surface area contributed by atoms with E-state index in [0.29, 0.717) is 0 Å². The predicted molar refractivity (Wildman–Crippen MR) is 81.3 cm³/mol. The lowest BCUT2D eigenvalue weighted by Gasteiger charge is -2.09. The van der Waals surface area contributed by atoms with Gasteiger partial charge in [-0.05, 0) is 59.3 Å². The Kier molecular flexibility index (Phi) is 3.03. The summed E-state index contributed by atoms with van der Waals surface area (Å²) < 4.78 is 5.18. The molecular weight excluding hydrogens is 250 g/mol. The number of H-pyrrole nitrogens is 1. The number of aromatic nitrogens is 1. The monoisotopic (exact) mass is 265 g/mol. The fourth-order valence-corrected chi connectivity index (χ4v) is 2.39. The molecule has 0 spiro atoms. The molecule has 0 atom stereocenters. The second-order valence-electron chi connectivity index (χ2n) is 4.81. The van der Waals surface area contributed by atoms with Crippen molar-refractivity contribution in [1.29, 1.82) is 0 Å². The molecular formula is C17H15NO2. The predicted octanol–water partition coefficient (Wildman–Crippen LogP) is 3.51. The minimum Gasteiger partial charge on any atom is -0.497 e. The van der Waals surface area contributed by atoms with Crippen LogP contribution in [0.3, 0.4) is 0 Å². The summed E-state index contributed by atoms with van der Waals surface area (Å²) in [6.07, 6.45) is 0. The summed E-state index contributed by atoms with van der Waals surface area (Å²) >= 11 is 0. The molecule has 1 aromatic heterocycles. The minimum atomic E-state index is -0.0749. The fraction of sp³-hybridized carbons (Fsp3) is 0.118. The van der Waals surface area contributed by atoms with Crippen LogP contribution in [0.15, 0.2) is 53.3 Å². The van der Waals surface area contributed by atoms with Crippen LogP contribution in [0.1, 0.15) is 5.56 Å². The molecule has 0 saturated heterocycles. The lowest BCUT2D eigenvalue weighted by Crippen LogP contribution is -2.02. The van der Waals surface area contributed by atoms with Crippen LogP contribution in [-0.4, -0.2) is 12.1 Å². The Morgan fingerprint density at radius 1 is 1.00 bits per heavy atom. The van der Waals surface area contributed by atoms with Gasteiger partial charge in [-0.1, -0.05) is 12.1 Å². The first-order chi connectivity index (χ1) is 9.67. The second-order valence-corrected chi connectivity index (χ2v) is 4.81. The average Bonchev–Trinajstić information content (AvgIpc) is 2.46. The van der Waals surface area contributed by atoms with Crippen LogP contribution in [0.4, 0.5) is 0 Å². The molecule has 1 N–H and O–H groups in total. The first-order valence-electron chi connectivity index (χ1n) is 6.45. The zero-order chi connectivity index (χ0) is 14.1. The highest BCUT2D eigenvalue weighted by Gasteiger charge is 2.05. The van der Waals surface area contributed by atoms with Gasteiger partial charge >= 0.3 is 0 Å². The van der Waals surface area contributed by atoms with Gasteiger partial charge in [0.1, 0.15) is 5.75 Å². The maximum absolute atomic E-state index is 11.4. The van der Waals surface area contributed by atoms with Gasteiger partial charge in [-0.25, -0.2) is 0 Å². The summed E-state index contributed by atoms with van der Waals surface area (Å²) in [5.74, 6) is 0.844. The molecule has 0 aliphatic heterocycles. The van der Waals surface area contributed by atoms with E-state index in [1.165, 1.54) is 0 Å². The Labute approximate surface area is 116 Å². The molecule has 2 aromatic carbocycles. The maximum atomic E-state index is 11.4. The largest absolute Gasteiger partial charge is 0.497 e. The number of fused-ring (bicyclic) bond motifs is 1. The lowest BCUT2D eigenvalue weighted by atomic mass is 9.98. The van der Waals surface area contributed by atoms with Crippen molar-refractivity contribution < 1.29 is 4.74 Å². The van der Waals surface area contributed by atoms with Gasteiger partial charge in [-0.3, -0.25) is 4.79 Å². The quantitative estimate of drug-likeness (QED) is 0.770. The highest BCUT2D eigenvalue weighted by atomic mass is 16.5. The molecule has 0 saturated carbocycles. The van der Waals surface area contributed by atoms with E-state index in [2.05, 4.69) is 11.1 Å². The van der Waals surface area contributed by atoms with Gasteiger partial charge in [0.2, 0.25) is 5.56 Å². The molecule has 0 amide bonds. The van der Waals surface area contributed by atoms with Crippen LogP contribution in [0.5, 0.6) is 5.75 Å². The van der Waals surface area contributed by atoms with E-state index in [-0.39, 0.29) is 5.56 Å². The zero-order valence-electron chi connectivity index (χ0n) is 11.4. The number of benzene rings is 2. The Morgan fingerprint density at radius 2 is 1.75 bits per heavy atom. The lowest BCUT2D eigenvalue weighted by molar-refractivity contribution is 0.415. The molecule has 0 unspecified atom stereocenters. The molecule has 1 heterocycles. The summed E-state index contributed by atoms with van der Waals surface area (Å²) in [5.41, 5.74) is 4.22. The van der Waals surface area contributed by atoms with Gasteiger partial charge in [0.05, 0.1) is 7.11 Å². The summed E-state index contributed by atoms with van der Waals surface area (Å²) in [7, 11) is 1.66. The van der Waals surface area contributed by atoms with Gasteiger partial charge in [-0.2, -0.15) is 0 Å². The Hall–Kier alpha value is -2.55. The standard InChI is InChI=1S/C17H15NO2/c1-11-9-16-13(5-8-17(19)18-16)10-15(11)12-3-6-14(20-2)7-4-12/h3-10H,1-2H3,(H,18,19). The molecule has 3 heteroatoms. The Balaban J connectivity index is 2.17. The molecule has 3 aromatic rings. The summed E-state index contributed by atoms with van der Waals surface area (Å²) in [5, 5.41) is 1.03. The van der Waals surface area contributed by atoms with E-state index in [9.17, 15) is 4.79 Å². The fourth-order valence-electron chi connectivity index (χ4n) is 2.39. The number of ether oxygens (including phenoxy) is 1. The van der Waals surface area contributed by atoms with Gasteiger partial charge in [0.15, 0.2) is 0 Å². The third-order valence-electron chi connectivity index (χ3n) is 3.47. The zero-order valence-corrected chi connectivity index (χ0v) is 11.4. The summed E-state index contributed by atoms with van der Waals surface area (Å²) in [6, 6.07) is 15.5. The first-order valence-corrected chi connectivity index (χ1v) is 6.45. The van der Waals surface area contributed by atoms with Crippen LogP contribution in [0.25, 0.3) is 22.0 Å². The van der Waals surface area contributed by atoms with E-state index in [1.54, 1.807) is 13.2 Å². The molecule has 3 nitrogen and oxygen atoms in total. The molecule has 0 fully saturated rings. The number of nitrogens with one attached hydrogen (secondary N) is 1. The molecule has 100 valence electrons. The normalized spacial score (nSPS) is 10.7.